The van der Waals surface area contributed by atoms with Gasteiger partial charge in [-0.25, -0.2) is 0 Å². The lowest BCUT2D eigenvalue weighted by Crippen LogP contribution is -2.30. The third kappa shape index (κ3) is 1.13. The zero-order valence-corrected chi connectivity index (χ0v) is 11.5. The van der Waals surface area contributed by atoms with Crippen molar-refractivity contribution in [2.24, 2.45) is 0 Å². The molecule has 0 aromatic heterocycles. The molecule has 15 heavy (non-hydrogen) atoms. The van der Waals surface area contributed by atoms with Gasteiger partial charge in [-0.05, 0) is 17.5 Å². The molecule has 1 aromatic rings. The van der Waals surface area contributed by atoms with Crippen LogP contribution < -0.4 is 0 Å². The first-order valence-electron chi connectivity index (χ1n) is 5.21. The maximum absolute atomic E-state index is 4.28. The number of rotatable bonds is 1. The maximum atomic E-state index is 4.28. The highest BCUT2D eigenvalue weighted by Crippen LogP contribution is 2.64. The molecule has 0 heterocycles. The van der Waals surface area contributed by atoms with Gasteiger partial charge in [0.2, 0.25) is 0 Å². The fourth-order valence-electron chi connectivity index (χ4n) is 3.09. The number of alkyl halides is 2. The Balaban J connectivity index is 2.19. The smallest absolute Gasteiger partial charge is 0.0634 e. The van der Waals surface area contributed by atoms with Crippen molar-refractivity contribution in [3.8, 4) is 0 Å². The Morgan fingerprint density at radius 3 is 2.67 bits per heavy atom. The molecule has 0 spiro atoms. The molecule has 1 fully saturated rings. The number of fused-ring (bicyclic) bond motifs is 5. The average Bonchev–Trinajstić information content (AvgIpc) is 2.77. The Labute approximate surface area is 107 Å². The monoisotopic (exact) mass is 326 g/mol. The summed E-state index contributed by atoms with van der Waals surface area (Å²) in [5.41, 5.74) is 4.37. The molecule has 0 aliphatic heterocycles. The van der Waals surface area contributed by atoms with E-state index in [-0.39, 0.29) is 4.32 Å². The van der Waals surface area contributed by atoms with E-state index < -0.39 is 0 Å². The van der Waals surface area contributed by atoms with Crippen LogP contribution in [0, 0.1) is 0 Å². The molecule has 3 atom stereocenters. The SMILES string of the molecule is C=C1[C@@H]2C[C@@H](c3ccccc32)[C@]1(Br)CBr. The minimum Gasteiger partial charge on any atom is -0.0978 e. The van der Waals surface area contributed by atoms with Gasteiger partial charge in [0.25, 0.3) is 0 Å². The van der Waals surface area contributed by atoms with E-state index in [1.165, 1.54) is 23.1 Å². The van der Waals surface area contributed by atoms with Gasteiger partial charge in [-0.1, -0.05) is 68.3 Å². The molecule has 0 saturated heterocycles. The second-order valence-electron chi connectivity index (χ2n) is 4.49. The van der Waals surface area contributed by atoms with E-state index in [4.69, 9.17) is 0 Å². The van der Waals surface area contributed by atoms with Crippen LogP contribution in [0.5, 0.6) is 0 Å². The van der Waals surface area contributed by atoms with Crippen LogP contribution in [0.3, 0.4) is 0 Å². The van der Waals surface area contributed by atoms with E-state index in [9.17, 15) is 0 Å². The van der Waals surface area contributed by atoms with Gasteiger partial charge in [-0.2, -0.15) is 0 Å². The number of hydrogen-bond donors (Lipinski definition) is 0. The van der Waals surface area contributed by atoms with Crippen molar-refractivity contribution < 1.29 is 0 Å². The molecule has 0 amide bonds. The topological polar surface area (TPSA) is 0 Å². The third-order valence-electron chi connectivity index (χ3n) is 3.92. The van der Waals surface area contributed by atoms with E-state index in [1.807, 2.05) is 0 Å². The van der Waals surface area contributed by atoms with Gasteiger partial charge in [0.05, 0.1) is 4.32 Å². The van der Waals surface area contributed by atoms with Crippen LogP contribution in [0.1, 0.15) is 29.4 Å². The van der Waals surface area contributed by atoms with Crippen molar-refractivity contribution in [1.82, 2.24) is 0 Å². The van der Waals surface area contributed by atoms with Crippen molar-refractivity contribution in [2.45, 2.75) is 22.6 Å². The van der Waals surface area contributed by atoms with Crippen molar-refractivity contribution in [3.63, 3.8) is 0 Å². The van der Waals surface area contributed by atoms with Crippen molar-refractivity contribution in [2.75, 3.05) is 5.33 Å². The zero-order valence-electron chi connectivity index (χ0n) is 8.34. The summed E-state index contributed by atoms with van der Waals surface area (Å²) in [5, 5.41) is 0.953. The predicted molar refractivity (Wildman–Crippen MR) is 71.1 cm³/mol. The lowest BCUT2D eigenvalue weighted by Gasteiger charge is -2.33. The average molecular weight is 328 g/mol. The largest absolute Gasteiger partial charge is 0.0978 e. The molecule has 3 rings (SSSR count). The fourth-order valence-corrected chi connectivity index (χ4v) is 4.55. The molecule has 2 aliphatic rings. The lowest BCUT2D eigenvalue weighted by molar-refractivity contribution is 0.663. The lowest BCUT2D eigenvalue weighted by atomic mass is 9.81. The van der Waals surface area contributed by atoms with E-state index >= 15 is 0 Å². The van der Waals surface area contributed by atoms with Crippen molar-refractivity contribution >= 4 is 31.9 Å². The number of halogens is 2. The van der Waals surface area contributed by atoms with Gasteiger partial charge in [-0.15, -0.1) is 0 Å². The van der Waals surface area contributed by atoms with E-state index in [0.717, 1.165) is 5.33 Å². The second-order valence-corrected chi connectivity index (χ2v) is 6.47. The summed E-state index contributed by atoms with van der Waals surface area (Å²) < 4.78 is 0.0893. The van der Waals surface area contributed by atoms with Crippen LogP contribution in [-0.2, 0) is 0 Å². The Morgan fingerprint density at radius 2 is 2.00 bits per heavy atom. The van der Waals surface area contributed by atoms with Gasteiger partial charge in [0, 0.05) is 17.2 Å². The van der Waals surface area contributed by atoms with Crippen LogP contribution in [-0.4, -0.2) is 9.65 Å². The summed E-state index contributed by atoms with van der Waals surface area (Å²) in [7, 11) is 0. The first-order chi connectivity index (χ1) is 7.18. The zero-order chi connectivity index (χ0) is 10.6. The maximum Gasteiger partial charge on any atom is 0.0634 e. The van der Waals surface area contributed by atoms with E-state index in [1.54, 1.807) is 0 Å². The fraction of sp³-hybridized carbons (Fsp3) is 0.385. The minimum absolute atomic E-state index is 0.0893. The third-order valence-corrected chi connectivity index (χ3v) is 6.90. The Bertz CT molecular complexity index is 438. The Hall–Kier alpha value is -0.0800. The molecule has 0 radical (unpaired) electrons. The molecular weight excluding hydrogens is 316 g/mol. The summed E-state index contributed by atoms with van der Waals surface area (Å²) in [6.45, 7) is 4.28. The molecule has 0 nitrogen and oxygen atoms in total. The van der Waals surface area contributed by atoms with Crippen LogP contribution in [0.4, 0.5) is 0 Å². The highest BCUT2D eigenvalue weighted by atomic mass is 79.9. The highest BCUT2D eigenvalue weighted by Gasteiger charge is 2.54. The van der Waals surface area contributed by atoms with Crippen LogP contribution in [0.25, 0.3) is 0 Å². The number of allylic oxidation sites excluding steroid dienone is 1. The molecule has 1 saturated carbocycles. The number of hydrogen-bond acceptors (Lipinski definition) is 0. The van der Waals surface area contributed by atoms with E-state index in [0.29, 0.717) is 11.8 Å². The quantitative estimate of drug-likeness (QED) is 0.531. The Kier molecular flexibility index (Phi) is 2.16. The molecule has 0 unspecified atom stereocenters. The van der Waals surface area contributed by atoms with Gasteiger partial charge in [0.15, 0.2) is 0 Å². The van der Waals surface area contributed by atoms with E-state index in [2.05, 4.69) is 62.7 Å². The molecule has 78 valence electrons. The molecule has 2 bridgehead atoms. The summed E-state index contributed by atoms with van der Waals surface area (Å²) in [4.78, 5) is 0. The first kappa shape index (κ1) is 10.1. The molecular formula is C13H12Br2. The van der Waals surface area contributed by atoms with Gasteiger partial charge in [-0.3, -0.25) is 0 Å². The molecule has 2 heteroatoms. The van der Waals surface area contributed by atoms with Crippen LogP contribution in [0.15, 0.2) is 36.4 Å². The molecule has 2 aliphatic carbocycles. The van der Waals surface area contributed by atoms with Crippen molar-refractivity contribution in [1.29, 1.82) is 0 Å². The summed E-state index contributed by atoms with van der Waals surface area (Å²) in [5.74, 6) is 1.17. The van der Waals surface area contributed by atoms with Gasteiger partial charge >= 0.3 is 0 Å². The number of benzene rings is 1. The second kappa shape index (κ2) is 3.21. The Morgan fingerprint density at radius 1 is 1.33 bits per heavy atom. The summed E-state index contributed by atoms with van der Waals surface area (Å²) >= 11 is 7.51. The predicted octanol–water partition coefficient (Wildman–Crippen LogP) is 4.36. The van der Waals surface area contributed by atoms with Gasteiger partial charge in [0.1, 0.15) is 0 Å². The molecule has 1 aromatic carbocycles. The van der Waals surface area contributed by atoms with Crippen LogP contribution >= 0.6 is 31.9 Å². The standard InChI is InChI=1S/C13H12Br2/c1-8-11-6-12(13(8,15)7-14)10-5-3-2-4-9(10)11/h2-5,11-12H,1,6-7H2/t11-,12-,13-/m0/s1. The summed E-state index contributed by atoms with van der Waals surface area (Å²) in [6.07, 6.45) is 1.23. The normalized spacial score (nSPS) is 37.1. The van der Waals surface area contributed by atoms with Crippen LogP contribution in [0.2, 0.25) is 0 Å². The van der Waals surface area contributed by atoms with Gasteiger partial charge < -0.3 is 0 Å². The minimum atomic E-state index is 0.0893. The summed E-state index contributed by atoms with van der Waals surface area (Å²) in [6, 6.07) is 8.80. The molecule has 0 N–H and O–H groups in total. The van der Waals surface area contributed by atoms with Crippen molar-refractivity contribution in [3.05, 3.63) is 47.5 Å². The highest BCUT2D eigenvalue weighted by molar-refractivity contribution is 9.12. The first-order valence-corrected chi connectivity index (χ1v) is 7.13.